The lowest BCUT2D eigenvalue weighted by atomic mass is 9.98. The largest absolute Gasteiger partial charge is 0.435 e. The Balaban J connectivity index is 2.01. The number of alkyl halides is 6. The van der Waals surface area contributed by atoms with Gasteiger partial charge in [0, 0.05) is 11.3 Å². The van der Waals surface area contributed by atoms with Gasteiger partial charge in [-0.05, 0) is 37.1 Å². The molecule has 0 radical (unpaired) electrons. The van der Waals surface area contributed by atoms with E-state index in [9.17, 15) is 31.1 Å². The number of hydrogen-bond acceptors (Lipinski definition) is 3. The molecule has 10 heteroatoms. The van der Waals surface area contributed by atoms with Gasteiger partial charge in [0.2, 0.25) is 0 Å². The van der Waals surface area contributed by atoms with E-state index in [-0.39, 0.29) is 27.4 Å². The quantitative estimate of drug-likeness (QED) is 0.456. The highest BCUT2D eigenvalue weighted by Crippen LogP contribution is 2.38. The molecule has 2 aromatic carbocycles. The summed E-state index contributed by atoms with van der Waals surface area (Å²) >= 11 is 0.586. The summed E-state index contributed by atoms with van der Waals surface area (Å²) < 4.78 is 79.2. The average Bonchev–Trinajstić information content (AvgIpc) is 3.04. The van der Waals surface area contributed by atoms with Crippen molar-refractivity contribution in [1.82, 2.24) is 4.98 Å². The predicted octanol–water partition coefficient (Wildman–Crippen LogP) is 6.72. The predicted molar refractivity (Wildman–Crippen MR) is 101 cm³/mol. The van der Waals surface area contributed by atoms with Crippen molar-refractivity contribution < 1.29 is 31.1 Å². The minimum Gasteiger partial charge on any atom is -0.321 e. The second kappa shape index (κ2) is 7.75. The van der Waals surface area contributed by atoms with E-state index in [0.717, 1.165) is 6.07 Å². The van der Waals surface area contributed by atoms with Crippen LogP contribution in [0.2, 0.25) is 0 Å². The molecular weight excluding hydrogens is 430 g/mol. The van der Waals surface area contributed by atoms with Gasteiger partial charge in [-0.2, -0.15) is 26.3 Å². The molecule has 0 fully saturated rings. The van der Waals surface area contributed by atoms with Crippen LogP contribution in [-0.2, 0) is 12.4 Å². The molecule has 0 saturated carbocycles. The van der Waals surface area contributed by atoms with E-state index < -0.39 is 34.4 Å². The summed E-state index contributed by atoms with van der Waals surface area (Å²) in [5, 5.41) is 2.44. The topological polar surface area (TPSA) is 42.0 Å². The smallest absolute Gasteiger partial charge is 0.321 e. The summed E-state index contributed by atoms with van der Waals surface area (Å²) in [7, 11) is 0. The molecule has 1 heterocycles. The number of amides is 1. The van der Waals surface area contributed by atoms with Crippen LogP contribution in [0.3, 0.4) is 0 Å². The summed E-state index contributed by atoms with van der Waals surface area (Å²) in [6.45, 7) is 2.67. The van der Waals surface area contributed by atoms with Crippen LogP contribution < -0.4 is 5.32 Å². The van der Waals surface area contributed by atoms with Gasteiger partial charge in [-0.1, -0.05) is 30.3 Å². The zero-order valence-electron chi connectivity index (χ0n) is 15.6. The Labute approximate surface area is 171 Å². The van der Waals surface area contributed by atoms with Crippen LogP contribution in [-0.4, -0.2) is 10.9 Å². The molecule has 3 nitrogen and oxygen atoms in total. The molecule has 0 atom stereocenters. The normalized spacial score (nSPS) is 12.1. The molecule has 0 spiro atoms. The average molecular weight is 444 g/mol. The van der Waals surface area contributed by atoms with Crippen molar-refractivity contribution in [2.24, 2.45) is 0 Å². The first-order chi connectivity index (χ1) is 13.9. The molecule has 1 aromatic heterocycles. The van der Waals surface area contributed by atoms with Crippen molar-refractivity contribution in [3.8, 4) is 11.1 Å². The highest BCUT2D eigenvalue weighted by Gasteiger charge is 2.39. The lowest BCUT2D eigenvalue weighted by Crippen LogP contribution is -2.17. The zero-order chi connectivity index (χ0) is 22.3. The van der Waals surface area contributed by atoms with Crippen molar-refractivity contribution in [3.63, 3.8) is 0 Å². The summed E-state index contributed by atoms with van der Waals surface area (Å²) in [4.78, 5) is 15.3. The van der Waals surface area contributed by atoms with Crippen LogP contribution in [0, 0.1) is 13.8 Å². The van der Waals surface area contributed by atoms with Crippen LogP contribution in [0.25, 0.3) is 11.1 Å². The van der Waals surface area contributed by atoms with Gasteiger partial charge >= 0.3 is 12.4 Å². The highest BCUT2D eigenvalue weighted by molar-refractivity contribution is 7.13. The third-order valence-electron chi connectivity index (χ3n) is 4.24. The lowest BCUT2D eigenvalue weighted by Gasteiger charge is -2.15. The van der Waals surface area contributed by atoms with E-state index in [2.05, 4.69) is 10.3 Å². The molecule has 3 aromatic rings. The molecular formula is C20H14F6N2OS. The molecule has 0 unspecified atom stereocenters. The van der Waals surface area contributed by atoms with Gasteiger partial charge in [-0.15, -0.1) is 11.3 Å². The van der Waals surface area contributed by atoms with Crippen LogP contribution in [0.4, 0.5) is 32.0 Å². The number of carbonyl (C=O) groups excluding carboxylic acids is 1. The third kappa shape index (κ3) is 4.48. The number of carbonyl (C=O) groups is 1. The third-order valence-corrected chi connectivity index (χ3v) is 5.21. The van der Waals surface area contributed by atoms with Crippen molar-refractivity contribution >= 4 is 22.9 Å². The number of thiazole rings is 1. The summed E-state index contributed by atoms with van der Waals surface area (Å²) in [5.41, 5.74) is -1.61. The monoisotopic (exact) mass is 444 g/mol. The van der Waals surface area contributed by atoms with Gasteiger partial charge < -0.3 is 5.32 Å². The van der Waals surface area contributed by atoms with E-state index in [1.807, 2.05) is 0 Å². The fourth-order valence-electron chi connectivity index (χ4n) is 2.89. The van der Waals surface area contributed by atoms with Crippen LogP contribution in [0.5, 0.6) is 0 Å². The van der Waals surface area contributed by atoms with Crippen LogP contribution in [0.1, 0.15) is 31.5 Å². The number of nitrogens with one attached hydrogen (secondary N) is 1. The number of aryl methyl sites for hydroxylation is 2. The number of para-hydroxylation sites is 1. The van der Waals surface area contributed by atoms with Gasteiger partial charge in [-0.25, -0.2) is 4.98 Å². The minimum atomic E-state index is -4.81. The summed E-state index contributed by atoms with van der Waals surface area (Å²) in [5.74, 6) is -1.04. The van der Waals surface area contributed by atoms with Crippen molar-refractivity contribution in [2.45, 2.75) is 26.2 Å². The Bertz CT molecular complexity index is 1100. The molecule has 0 bridgehead atoms. The number of benzene rings is 2. The summed E-state index contributed by atoms with van der Waals surface area (Å²) in [6, 6.07) is 9.64. The second-order valence-corrected chi connectivity index (χ2v) is 7.64. The van der Waals surface area contributed by atoms with Crippen molar-refractivity contribution in [3.05, 3.63) is 69.2 Å². The van der Waals surface area contributed by atoms with Gasteiger partial charge in [0.1, 0.15) is 4.88 Å². The van der Waals surface area contributed by atoms with Gasteiger partial charge in [-0.3, -0.25) is 4.79 Å². The van der Waals surface area contributed by atoms with Crippen molar-refractivity contribution in [1.29, 1.82) is 0 Å². The fraction of sp³-hybridized carbons (Fsp3) is 0.200. The fourth-order valence-corrected chi connectivity index (χ4v) is 3.73. The van der Waals surface area contributed by atoms with E-state index >= 15 is 0 Å². The maximum absolute atomic E-state index is 13.3. The number of hydrogen-bond donors (Lipinski definition) is 1. The first-order valence-electron chi connectivity index (χ1n) is 8.51. The van der Waals surface area contributed by atoms with Gasteiger partial charge in [0.25, 0.3) is 5.91 Å². The Morgan fingerprint density at radius 2 is 1.63 bits per heavy atom. The maximum atomic E-state index is 13.3. The molecule has 0 aliphatic heterocycles. The molecule has 1 N–H and O–H groups in total. The van der Waals surface area contributed by atoms with E-state index in [1.165, 1.54) is 44.2 Å². The Morgan fingerprint density at radius 1 is 0.967 bits per heavy atom. The Kier molecular flexibility index (Phi) is 5.64. The number of nitrogens with zero attached hydrogens (tertiary/aromatic N) is 1. The molecule has 1 amide bonds. The highest BCUT2D eigenvalue weighted by atomic mass is 32.1. The van der Waals surface area contributed by atoms with Crippen LogP contribution in [0.15, 0.2) is 42.5 Å². The molecule has 0 aliphatic rings. The molecule has 0 aliphatic carbocycles. The zero-order valence-corrected chi connectivity index (χ0v) is 16.4. The molecule has 158 valence electrons. The SMILES string of the molecule is Cc1nc(C(F)(F)F)c(C(=O)Nc2ccccc2-c2ccc(C)c(C(F)(F)F)c2)s1. The standard InChI is InChI=1S/C20H14F6N2OS/c1-10-7-8-12(9-14(10)19(21,22)23)13-5-3-4-6-15(13)28-18(29)16-17(20(24,25)26)27-11(2)30-16/h3-9H,1-2H3,(H,28,29). The minimum absolute atomic E-state index is 0.0303. The Hall–Kier alpha value is -2.88. The molecule has 0 saturated heterocycles. The molecule has 3 rings (SSSR count). The van der Waals surface area contributed by atoms with Crippen molar-refractivity contribution in [2.75, 3.05) is 5.32 Å². The van der Waals surface area contributed by atoms with E-state index in [4.69, 9.17) is 0 Å². The number of rotatable bonds is 3. The number of halogens is 6. The molecule has 30 heavy (non-hydrogen) atoms. The first kappa shape index (κ1) is 21.8. The van der Waals surface area contributed by atoms with E-state index in [1.54, 1.807) is 6.07 Å². The second-order valence-electron chi connectivity index (χ2n) is 6.44. The van der Waals surface area contributed by atoms with Crippen LogP contribution >= 0.6 is 11.3 Å². The number of aromatic nitrogens is 1. The lowest BCUT2D eigenvalue weighted by molar-refractivity contribution is -0.141. The first-order valence-corrected chi connectivity index (χ1v) is 9.33. The summed E-state index contributed by atoms with van der Waals surface area (Å²) in [6.07, 6.45) is -9.38. The van der Waals surface area contributed by atoms with Gasteiger partial charge in [0.15, 0.2) is 5.69 Å². The van der Waals surface area contributed by atoms with E-state index in [0.29, 0.717) is 11.3 Å². The number of anilines is 1. The Morgan fingerprint density at radius 3 is 2.27 bits per heavy atom. The maximum Gasteiger partial charge on any atom is 0.435 e. The van der Waals surface area contributed by atoms with Gasteiger partial charge in [0.05, 0.1) is 10.6 Å².